The number of rotatable bonds is 7. The van der Waals surface area contributed by atoms with Gasteiger partial charge < -0.3 is 9.64 Å². The molecule has 0 aliphatic carbocycles. The van der Waals surface area contributed by atoms with E-state index < -0.39 is 6.10 Å². The van der Waals surface area contributed by atoms with Crippen LogP contribution in [0, 0.1) is 0 Å². The van der Waals surface area contributed by atoms with E-state index in [1.54, 1.807) is 4.90 Å². The van der Waals surface area contributed by atoms with Crippen molar-refractivity contribution in [1.29, 1.82) is 0 Å². The maximum absolute atomic E-state index is 12.6. The summed E-state index contributed by atoms with van der Waals surface area (Å²) in [6.07, 6.45) is 0.281. The minimum atomic E-state index is -0.624. The summed E-state index contributed by atoms with van der Waals surface area (Å²) in [4.78, 5) is 26.8. The quantitative estimate of drug-likeness (QED) is 0.625. The van der Waals surface area contributed by atoms with E-state index in [-0.39, 0.29) is 17.7 Å². The van der Waals surface area contributed by atoms with Crippen molar-refractivity contribution in [2.24, 2.45) is 0 Å². The topological polar surface area (TPSA) is 84.4 Å². The molecule has 0 radical (unpaired) electrons. The summed E-state index contributed by atoms with van der Waals surface area (Å²) in [5, 5.41) is 12.3. The van der Waals surface area contributed by atoms with Gasteiger partial charge >= 0.3 is 0 Å². The van der Waals surface area contributed by atoms with Gasteiger partial charge in [0.25, 0.3) is 5.91 Å². The summed E-state index contributed by atoms with van der Waals surface area (Å²) in [7, 11) is 0. The monoisotopic (exact) mass is 422 g/mol. The van der Waals surface area contributed by atoms with Crippen molar-refractivity contribution in [3.05, 3.63) is 65.7 Å². The van der Waals surface area contributed by atoms with E-state index in [2.05, 4.69) is 15.5 Å². The van der Waals surface area contributed by atoms with Crippen LogP contribution in [0.2, 0.25) is 0 Å². The lowest BCUT2D eigenvalue weighted by Gasteiger charge is -2.16. The van der Waals surface area contributed by atoms with Gasteiger partial charge in [-0.25, -0.2) is 0 Å². The van der Waals surface area contributed by atoms with E-state index in [4.69, 9.17) is 4.74 Å². The lowest BCUT2D eigenvalue weighted by molar-refractivity contribution is -0.122. The highest BCUT2D eigenvalue weighted by molar-refractivity contribution is 7.15. The Morgan fingerprint density at radius 3 is 2.57 bits per heavy atom. The average molecular weight is 423 g/mol. The van der Waals surface area contributed by atoms with Crippen LogP contribution in [0.4, 0.5) is 10.8 Å². The second-order valence-electron chi connectivity index (χ2n) is 7.00. The number of nitrogens with zero attached hydrogens (tertiary/aromatic N) is 3. The van der Waals surface area contributed by atoms with Gasteiger partial charge in [-0.2, -0.15) is 0 Å². The highest BCUT2D eigenvalue weighted by Crippen LogP contribution is 2.34. The molecular formula is C22H22N4O3S. The van der Waals surface area contributed by atoms with Gasteiger partial charge in [-0.1, -0.05) is 54.7 Å². The molecule has 2 heterocycles. The number of hydrogen-bond donors (Lipinski definition) is 1. The second-order valence-corrected chi connectivity index (χ2v) is 8.01. The van der Waals surface area contributed by atoms with Crippen molar-refractivity contribution in [2.75, 3.05) is 16.8 Å². The Morgan fingerprint density at radius 1 is 1.17 bits per heavy atom. The van der Waals surface area contributed by atoms with Gasteiger partial charge in [0.2, 0.25) is 11.0 Å². The molecule has 3 aromatic rings. The van der Waals surface area contributed by atoms with Crippen LogP contribution in [-0.4, -0.2) is 34.7 Å². The third-order valence-corrected chi connectivity index (χ3v) is 5.90. The predicted molar refractivity (Wildman–Crippen MR) is 116 cm³/mol. The van der Waals surface area contributed by atoms with Crippen molar-refractivity contribution in [2.45, 2.75) is 31.8 Å². The van der Waals surface area contributed by atoms with E-state index in [0.29, 0.717) is 30.3 Å². The maximum atomic E-state index is 12.6. The summed E-state index contributed by atoms with van der Waals surface area (Å²) < 4.78 is 5.77. The van der Waals surface area contributed by atoms with E-state index >= 15 is 0 Å². The summed E-state index contributed by atoms with van der Waals surface area (Å²) in [5.74, 6) is 0.401. The number of nitrogens with one attached hydrogen (secondary N) is 1. The van der Waals surface area contributed by atoms with Crippen LogP contribution in [0.25, 0.3) is 0 Å². The maximum Gasteiger partial charge on any atom is 0.267 e. The number of anilines is 2. The van der Waals surface area contributed by atoms with Crippen LogP contribution in [0.5, 0.6) is 5.75 Å². The standard InChI is InChI=1S/C22H22N4O3S/c1-2-18(29-17-11-7-4-8-12-17)20(28)23-22-25-24-21(30-22)15-13-19(27)26(14-15)16-9-5-3-6-10-16/h3-12,15,18H,2,13-14H2,1H3,(H,23,25,28). The highest BCUT2D eigenvalue weighted by Gasteiger charge is 2.34. The van der Waals surface area contributed by atoms with Crippen LogP contribution in [0.1, 0.15) is 30.7 Å². The van der Waals surface area contributed by atoms with Crippen LogP contribution >= 0.6 is 11.3 Å². The Labute approximate surface area is 178 Å². The van der Waals surface area contributed by atoms with Gasteiger partial charge in [0.1, 0.15) is 10.8 Å². The second kappa shape index (κ2) is 9.04. The number of amides is 2. The summed E-state index contributed by atoms with van der Waals surface area (Å²) in [5.41, 5.74) is 0.881. The van der Waals surface area contributed by atoms with Crippen molar-refractivity contribution >= 4 is 34.0 Å². The fourth-order valence-corrected chi connectivity index (χ4v) is 4.19. The van der Waals surface area contributed by atoms with E-state index in [1.165, 1.54) is 11.3 Å². The SMILES string of the molecule is CCC(Oc1ccccc1)C(=O)Nc1nnc(C2CC(=O)N(c3ccccc3)C2)s1. The van der Waals surface area contributed by atoms with Crippen LogP contribution in [0.15, 0.2) is 60.7 Å². The lowest BCUT2D eigenvalue weighted by atomic mass is 10.1. The number of aromatic nitrogens is 2. The van der Waals surface area contributed by atoms with Crippen molar-refractivity contribution in [1.82, 2.24) is 10.2 Å². The molecule has 1 aliphatic rings. The Morgan fingerprint density at radius 2 is 1.87 bits per heavy atom. The van der Waals surface area contributed by atoms with Gasteiger partial charge in [-0.05, 0) is 30.7 Å². The molecule has 8 heteroatoms. The third-order valence-electron chi connectivity index (χ3n) is 4.90. The van der Waals surface area contributed by atoms with E-state index in [0.717, 1.165) is 10.7 Å². The molecule has 1 aliphatic heterocycles. The third kappa shape index (κ3) is 4.49. The van der Waals surface area contributed by atoms with Crippen LogP contribution in [0.3, 0.4) is 0 Å². The van der Waals surface area contributed by atoms with E-state index in [1.807, 2.05) is 67.6 Å². The zero-order valence-corrected chi connectivity index (χ0v) is 17.3. The van der Waals surface area contributed by atoms with Gasteiger partial charge in [0, 0.05) is 24.6 Å². The molecule has 1 N–H and O–H groups in total. The summed E-state index contributed by atoms with van der Waals surface area (Å²) in [6, 6.07) is 18.8. The molecule has 2 unspecified atom stereocenters. The van der Waals surface area contributed by atoms with Crippen LogP contribution in [-0.2, 0) is 9.59 Å². The number of carbonyl (C=O) groups excluding carboxylic acids is 2. The summed E-state index contributed by atoms with van der Waals surface area (Å²) >= 11 is 1.30. The van der Waals surface area contributed by atoms with Gasteiger partial charge in [0.15, 0.2) is 6.10 Å². The normalized spacial score (nSPS) is 17.0. The first-order valence-electron chi connectivity index (χ1n) is 9.85. The molecule has 2 amide bonds. The Balaban J connectivity index is 1.39. The Hall–Kier alpha value is -3.26. The molecule has 1 fully saturated rings. The van der Waals surface area contributed by atoms with Crippen LogP contribution < -0.4 is 15.0 Å². The molecule has 0 bridgehead atoms. The first-order valence-corrected chi connectivity index (χ1v) is 10.7. The number of benzene rings is 2. The minimum absolute atomic E-state index is 0.0385. The molecular weight excluding hydrogens is 400 g/mol. The molecule has 1 saturated heterocycles. The average Bonchev–Trinajstić information content (AvgIpc) is 3.39. The number of hydrogen-bond acceptors (Lipinski definition) is 6. The molecule has 30 heavy (non-hydrogen) atoms. The fourth-order valence-electron chi connectivity index (χ4n) is 3.35. The molecule has 7 nitrogen and oxygen atoms in total. The molecule has 4 rings (SSSR count). The Kier molecular flexibility index (Phi) is 6.04. The summed E-state index contributed by atoms with van der Waals surface area (Å²) in [6.45, 7) is 2.45. The molecule has 2 aromatic carbocycles. The first-order chi connectivity index (χ1) is 14.6. The largest absolute Gasteiger partial charge is 0.481 e. The van der Waals surface area contributed by atoms with Crippen molar-refractivity contribution in [3.63, 3.8) is 0 Å². The van der Waals surface area contributed by atoms with Gasteiger partial charge in [-0.15, -0.1) is 10.2 Å². The van der Waals surface area contributed by atoms with Crippen molar-refractivity contribution in [3.8, 4) is 5.75 Å². The fraction of sp³-hybridized carbons (Fsp3) is 0.273. The number of para-hydroxylation sites is 2. The lowest BCUT2D eigenvalue weighted by Crippen LogP contribution is -2.32. The minimum Gasteiger partial charge on any atom is -0.481 e. The predicted octanol–water partition coefficient (Wildman–Crippen LogP) is 3.85. The molecule has 1 aromatic heterocycles. The highest BCUT2D eigenvalue weighted by atomic mass is 32.1. The smallest absolute Gasteiger partial charge is 0.267 e. The zero-order valence-electron chi connectivity index (χ0n) is 16.5. The van der Waals surface area contributed by atoms with Crippen molar-refractivity contribution < 1.29 is 14.3 Å². The zero-order chi connectivity index (χ0) is 20.9. The number of ether oxygens (including phenoxy) is 1. The molecule has 0 spiro atoms. The first kappa shape index (κ1) is 20.0. The Bertz CT molecular complexity index is 1010. The molecule has 154 valence electrons. The number of carbonyl (C=O) groups is 2. The van der Waals surface area contributed by atoms with Gasteiger partial charge in [0.05, 0.1) is 0 Å². The van der Waals surface area contributed by atoms with E-state index in [9.17, 15) is 9.59 Å². The molecule has 0 saturated carbocycles. The van der Waals surface area contributed by atoms with Gasteiger partial charge in [-0.3, -0.25) is 14.9 Å². The molecule has 2 atom stereocenters.